The minimum absolute atomic E-state index is 0.481. The monoisotopic (exact) mass is 167 g/mol. The van der Waals surface area contributed by atoms with Crippen molar-refractivity contribution in [1.82, 2.24) is 0 Å². The lowest BCUT2D eigenvalue weighted by molar-refractivity contribution is -0.113. The van der Waals surface area contributed by atoms with Gasteiger partial charge in [0, 0.05) is 0 Å². The molecule has 0 radical (unpaired) electrons. The Morgan fingerprint density at radius 2 is 1.80 bits per heavy atom. The normalized spacial score (nSPS) is 9.00. The molecule has 0 fully saturated rings. The molecule has 0 rings (SSSR count). The van der Waals surface area contributed by atoms with Crippen molar-refractivity contribution >= 4 is 16.0 Å². The summed E-state index contributed by atoms with van der Waals surface area (Å²) in [5, 5.41) is 0. The maximum absolute atomic E-state index is 9.47. The molecule has 0 aliphatic carbocycles. The van der Waals surface area contributed by atoms with Crippen LogP contribution in [0, 0.1) is 0 Å². The summed E-state index contributed by atoms with van der Waals surface area (Å²) in [5.41, 5.74) is 4.53. The molecule has 0 aliphatic rings. The molecule has 6 heteroatoms. The van der Waals surface area contributed by atoms with Gasteiger partial charge in [0.1, 0.15) is 0 Å². The number of amides is 1. The Bertz CT molecular complexity index is 197. The molecule has 0 spiro atoms. The van der Waals surface area contributed by atoms with Crippen molar-refractivity contribution in [2.45, 2.75) is 0 Å². The van der Waals surface area contributed by atoms with Crippen molar-refractivity contribution in [3.05, 3.63) is 12.7 Å². The number of rotatable bonds is 1. The molecule has 0 atom stereocenters. The fraction of sp³-hybridized carbons (Fsp3) is 0.250. The summed E-state index contributed by atoms with van der Waals surface area (Å²) in [6.45, 7) is 3.09. The van der Waals surface area contributed by atoms with E-state index in [1.54, 1.807) is 0 Å². The van der Waals surface area contributed by atoms with Gasteiger partial charge in [-0.15, -0.1) is 0 Å². The number of nitrogens with two attached hydrogens (primary N) is 1. The first-order chi connectivity index (χ1) is 4.27. The van der Waals surface area contributed by atoms with Crippen molar-refractivity contribution in [3.63, 3.8) is 0 Å². The Labute approximate surface area is 59.3 Å². The van der Waals surface area contributed by atoms with Crippen LogP contribution in [0.25, 0.3) is 0 Å². The number of carbonyl (C=O) groups excluding carboxylic acids is 1. The highest BCUT2D eigenvalue weighted by Gasteiger charge is 1.81. The van der Waals surface area contributed by atoms with E-state index < -0.39 is 16.0 Å². The van der Waals surface area contributed by atoms with Gasteiger partial charge in [-0.25, -0.2) is 0 Å². The molecule has 0 aromatic heterocycles. The Morgan fingerprint density at radius 3 is 1.80 bits per heavy atom. The minimum Gasteiger partial charge on any atom is -0.366 e. The van der Waals surface area contributed by atoms with Gasteiger partial charge >= 0.3 is 0 Å². The van der Waals surface area contributed by atoms with Gasteiger partial charge in [0.25, 0.3) is 10.1 Å². The van der Waals surface area contributed by atoms with E-state index in [-0.39, 0.29) is 0 Å². The zero-order valence-electron chi connectivity index (χ0n) is 5.44. The average molecular weight is 167 g/mol. The van der Waals surface area contributed by atoms with Crippen molar-refractivity contribution in [2.75, 3.05) is 6.26 Å². The van der Waals surface area contributed by atoms with Crippen LogP contribution in [0.3, 0.4) is 0 Å². The fourth-order valence-electron chi connectivity index (χ4n) is 0. The maximum atomic E-state index is 9.47. The lowest BCUT2D eigenvalue weighted by Gasteiger charge is -1.69. The average Bonchev–Trinajstić information content (AvgIpc) is 1.61. The van der Waals surface area contributed by atoms with Crippen LogP contribution in [-0.2, 0) is 14.9 Å². The SMILES string of the molecule is C=CC(N)=O.CS(=O)(=O)O. The van der Waals surface area contributed by atoms with Crippen LogP contribution in [0.5, 0.6) is 0 Å². The molecule has 0 aromatic rings. The Balaban J connectivity index is 0. The lowest BCUT2D eigenvalue weighted by Crippen LogP contribution is -2.04. The van der Waals surface area contributed by atoms with Gasteiger partial charge in [0.2, 0.25) is 5.91 Å². The van der Waals surface area contributed by atoms with Crippen LogP contribution >= 0.6 is 0 Å². The highest BCUT2D eigenvalue weighted by atomic mass is 32.2. The first-order valence-electron chi connectivity index (χ1n) is 2.11. The molecule has 60 valence electrons. The summed E-state index contributed by atoms with van der Waals surface area (Å²) in [7, 11) is -3.67. The van der Waals surface area contributed by atoms with E-state index in [1.807, 2.05) is 0 Å². The molecule has 3 N–H and O–H groups in total. The predicted octanol–water partition coefficient (Wildman–Crippen LogP) is -0.838. The zero-order valence-corrected chi connectivity index (χ0v) is 6.26. The summed E-state index contributed by atoms with van der Waals surface area (Å²) in [4.78, 5) is 9.47. The predicted molar refractivity (Wildman–Crippen MR) is 36.9 cm³/mol. The number of hydrogen-bond donors (Lipinski definition) is 2. The highest BCUT2D eigenvalue weighted by Crippen LogP contribution is 1.60. The van der Waals surface area contributed by atoms with Gasteiger partial charge in [-0.2, -0.15) is 8.42 Å². The standard InChI is InChI=1S/C3H5NO.CH4O3S/c1-2-3(4)5;1-5(2,3)4/h2H,1H2,(H2,4,5);1H3,(H,2,3,4). The van der Waals surface area contributed by atoms with E-state index >= 15 is 0 Å². The zero-order chi connectivity index (χ0) is 8.78. The van der Waals surface area contributed by atoms with Gasteiger partial charge in [-0.05, 0) is 6.08 Å². The Morgan fingerprint density at radius 1 is 1.70 bits per heavy atom. The smallest absolute Gasteiger partial charge is 0.261 e. The Kier molecular flexibility index (Phi) is 5.87. The number of carbonyl (C=O) groups is 1. The van der Waals surface area contributed by atoms with Crippen LogP contribution in [0.2, 0.25) is 0 Å². The molecule has 0 unspecified atom stereocenters. The second-order valence-corrected chi connectivity index (χ2v) is 2.81. The third kappa shape index (κ3) is 213. The van der Waals surface area contributed by atoms with Crippen LogP contribution < -0.4 is 5.73 Å². The van der Waals surface area contributed by atoms with Gasteiger partial charge in [-0.3, -0.25) is 9.35 Å². The third-order valence-electron chi connectivity index (χ3n) is 0.201. The van der Waals surface area contributed by atoms with Crippen LogP contribution in [0.1, 0.15) is 0 Å². The van der Waals surface area contributed by atoms with Gasteiger partial charge in [0.15, 0.2) is 0 Å². The van der Waals surface area contributed by atoms with Crippen LogP contribution in [0.4, 0.5) is 0 Å². The van der Waals surface area contributed by atoms with Gasteiger partial charge in [-0.1, -0.05) is 6.58 Å². The summed E-state index contributed by atoms with van der Waals surface area (Å²) in [6.07, 6.45) is 1.77. The number of hydrogen-bond acceptors (Lipinski definition) is 3. The molecular weight excluding hydrogens is 158 g/mol. The molecule has 0 aromatic carbocycles. The highest BCUT2D eigenvalue weighted by molar-refractivity contribution is 7.85. The number of primary amides is 1. The van der Waals surface area contributed by atoms with Gasteiger partial charge in [0.05, 0.1) is 6.26 Å². The second-order valence-electron chi connectivity index (χ2n) is 1.34. The molecule has 10 heavy (non-hydrogen) atoms. The summed E-state index contributed by atoms with van der Waals surface area (Å²) in [6, 6.07) is 0. The van der Waals surface area contributed by atoms with E-state index in [1.165, 1.54) is 0 Å². The molecule has 5 nitrogen and oxygen atoms in total. The summed E-state index contributed by atoms with van der Waals surface area (Å²) >= 11 is 0. The van der Waals surface area contributed by atoms with Crippen molar-refractivity contribution in [2.24, 2.45) is 5.73 Å². The van der Waals surface area contributed by atoms with E-state index in [9.17, 15) is 13.2 Å². The van der Waals surface area contributed by atoms with Crippen molar-refractivity contribution in [3.8, 4) is 0 Å². The fourth-order valence-corrected chi connectivity index (χ4v) is 0. The first-order valence-corrected chi connectivity index (χ1v) is 3.96. The molecule has 0 bridgehead atoms. The van der Waals surface area contributed by atoms with Gasteiger partial charge < -0.3 is 5.73 Å². The summed E-state index contributed by atoms with van der Waals surface area (Å²) < 4.78 is 25.9. The lowest BCUT2D eigenvalue weighted by atomic mass is 10.6. The Hall–Kier alpha value is -0.880. The van der Waals surface area contributed by atoms with Crippen molar-refractivity contribution < 1.29 is 17.8 Å². The van der Waals surface area contributed by atoms with Crippen molar-refractivity contribution in [1.29, 1.82) is 0 Å². The van der Waals surface area contributed by atoms with Crippen LogP contribution in [0.15, 0.2) is 12.7 Å². The topological polar surface area (TPSA) is 97.5 Å². The quantitative estimate of drug-likeness (QED) is 0.393. The molecular formula is C4H9NO4S. The van der Waals surface area contributed by atoms with E-state index in [2.05, 4.69) is 12.3 Å². The third-order valence-corrected chi connectivity index (χ3v) is 0.201. The van der Waals surface area contributed by atoms with E-state index in [0.29, 0.717) is 6.26 Å². The maximum Gasteiger partial charge on any atom is 0.261 e. The largest absolute Gasteiger partial charge is 0.366 e. The van der Waals surface area contributed by atoms with E-state index in [0.717, 1.165) is 6.08 Å². The molecule has 0 saturated carbocycles. The second kappa shape index (κ2) is 4.95. The van der Waals surface area contributed by atoms with Crippen LogP contribution in [-0.4, -0.2) is 25.1 Å². The molecule has 0 saturated heterocycles. The minimum atomic E-state index is -3.67. The van der Waals surface area contributed by atoms with E-state index in [4.69, 9.17) is 4.55 Å². The first kappa shape index (κ1) is 11.9. The molecule has 0 aliphatic heterocycles. The summed E-state index contributed by atoms with van der Waals surface area (Å²) in [5.74, 6) is -0.481. The molecule has 1 amide bonds. The molecule has 0 heterocycles.